The van der Waals surface area contributed by atoms with Gasteiger partial charge in [-0.15, -0.1) is 66.5 Å². The zero-order valence-corrected chi connectivity index (χ0v) is 24.0. The van der Waals surface area contributed by atoms with Gasteiger partial charge in [0.2, 0.25) is 0 Å². The van der Waals surface area contributed by atoms with Crippen molar-refractivity contribution in [2.75, 3.05) is 4.90 Å². The molecule has 0 aliphatic carbocycles. The zero-order chi connectivity index (χ0) is 22.1. The van der Waals surface area contributed by atoms with Gasteiger partial charge in [0.15, 0.2) is 8.11 Å². The Morgan fingerprint density at radius 3 is 1.13 bits per heavy atom. The Kier molecular flexibility index (Phi) is 8.22. The molecular weight excluding hydrogens is 575 g/mol. The Morgan fingerprint density at radius 2 is 0.867 bits per heavy atom. The van der Waals surface area contributed by atoms with Gasteiger partial charge < -0.3 is 4.90 Å². The molecule has 0 aromatic heterocycles. The van der Waals surface area contributed by atoms with Crippen molar-refractivity contribution in [1.82, 2.24) is 0 Å². The van der Waals surface area contributed by atoms with Crippen LogP contribution in [0.4, 0.5) is 17.1 Å². The molecule has 0 N–H and O–H groups in total. The summed E-state index contributed by atoms with van der Waals surface area (Å²) in [6.07, 6.45) is 0. The Bertz CT molecular complexity index is 926. The normalized spacial score (nSPS) is 13.2. The van der Waals surface area contributed by atoms with Crippen molar-refractivity contribution in [3.63, 3.8) is 0 Å². The molecule has 3 rings (SSSR count). The van der Waals surface area contributed by atoms with Crippen molar-refractivity contribution in [3.8, 4) is 0 Å². The van der Waals surface area contributed by atoms with Crippen molar-refractivity contribution < 1.29 is 0 Å². The minimum Gasteiger partial charge on any atom is -0.311 e. The molecule has 0 aliphatic rings. The fraction of sp³-hybridized carbons (Fsp3) is 0.0526. The first-order valence-electron chi connectivity index (χ1n) is 8.85. The molecule has 1 atom stereocenters. The van der Waals surface area contributed by atoms with Gasteiger partial charge in [-0.1, -0.05) is 42.9 Å². The number of rotatable bonds is 6. The lowest BCUT2D eigenvalue weighted by molar-refractivity contribution is 1.29. The average Bonchev–Trinajstić information content (AvgIpc) is 2.68. The molecule has 1 unspecified atom stereocenters. The maximum atomic E-state index is 6.35. The molecule has 0 bridgehead atoms. The van der Waals surface area contributed by atoms with E-state index in [1.165, 1.54) is 5.19 Å². The van der Waals surface area contributed by atoms with Crippen LogP contribution < -0.4 is 20.5 Å². The van der Waals surface area contributed by atoms with Crippen molar-refractivity contribution >= 4 is 130 Å². The third kappa shape index (κ3) is 6.13. The Labute approximate surface area is 212 Å². The van der Waals surface area contributed by atoms with Crippen molar-refractivity contribution in [1.29, 1.82) is 0 Å². The maximum Gasteiger partial charge on any atom is 0.372 e. The summed E-state index contributed by atoms with van der Waals surface area (Å²) in [6, 6.07) is 17.5. The van der Waals surface area contributed by atoms with E-state index in [4.69, 9.17) is 77.6 Å². The predicted octanol–water partition coefficient (Wildman–Crippen LogP) is 6.68. The average molecular weight is 591 g/mol. The molecule has 0 heterocycles. The van der Waals surface area contributed by atoms with Crippen LogP contribution in [0.25, 0.3) is 0 Å². The highest BCUT2D eigenvalue weighted by atomic mass is 35.8. The second-order valence-corrected chi connectivity index (χ2v) is 27.3. The van der Waals surface area contributed by atoms with Crippen molar-refractivity contribution in [2.24, 2.45) is 0 Å². The van der Waals surface area contributed by atoms with E-state index in [0.29, 0.717) is 0 Å². The maximum absolute atomic E-state index is 6.35. The molecule has 0 saturated heterocycles. The highest BCUT2D eigenvalue weighted by Crippen LogP contribution is 2.34. The van der Waals surface area contributed by atoms with Crippen LogP contribution in [0.2, 0.25) is 6.55 Å². The summed E-state index contributed by atoms with van der Waals surface area (Å²) in [5, 5.41) is 2.63. The highest BCUT2D eigenvalue weighted by molar-refractivity contribution is 7.70. The molecule has 0 fully saturated rings. The fourth-order valence-electron chi connectivity index (χ4n) is 2.93. The van der Waals surface area contributed by atoms with Gasteiger partial charge in [0.25, 0.3) is 0 Å². The van der Waals surface area contributed by atoms with Crippen molar-refractivity contribution in [3.05, 3.63) is 72.8 Å². The molecule has 0 saturated carbocycles. The van der Waals surface area contributed by atoms with Gasteiger partial charge in [-0.25, -0.2) is 0 Å². The van der Waals surface area contributed by atoms with Crippen molar-refractivity contribution in [2.45, 2.75) is 6.55 Å². The summed E-state index contributed by atoms with van der Waals surface area (Å²) in [4.78, 5) is 2.09. The lowest BCUT2D eigenvalue weighted by Crippen LogP contribution is -2.30. The van der Waals surface area contributed by atoms with Gasteiger partial charge in [0, 0.05) is 17.1 Å². The molecule has 30 heavy (non-hydrogen) atoms. The lowest BCUT2D eigenvalue weighted by atomic mass is 10.2. The minimum atomic E-state index is -2.95. The Morgan fingerprint density at radius 1 is 0.567 bits per heavy atom. The molecule has 0 radical (unpaired) electrons. The smallest absolute Gasteiger partial charge is 0.311 e. The Hall–Kier alpha value is 0.141. The molecule has 3 aromatic rings. The standard InChI is InChI=1S/C19H16Cl7NSi3/c1-28(20)17-8-2-14(3-9-17)27(15-4-10-18(11-5-15)29(21,22)23)16-6-12-19(13-7-16)30(24,25)26/h2-13,28H,1H3. The van der Waals surface area contributed by atoms with Gasteiger partial charge in [0.1, 0.15) is 0 Å². The quantitative estimate of drug-likeness (QED) is 0.229. The first-order valence-corrected chi connectivity index (χ1v) is 22.4. The van der Waals surface area contributed by atoms with E-state index >= 15 is 0 Å². The highest BCUT2D eigenvalue weighted by Gasteiger charge is 2.29. The SMILES string of the molecule is C[SiH](Cl)c1ccc(N(c2ccc([Si](Cl)(Cl)Cl)cc2)c2ccc([Si](Cl)(Cl)Cl)cc2)cc1. The van der Waals surface area contributed by atoms with Crippen LogP contribution in [-0.2, 0) is 0 Å². The number of benzene rings is 3. The van der Waals surface area contributed by atoms with Crippen LogP contribution in [0.3, 0.4) is 0 Å². The lowest BCUT2D eigenvalue weighted by Gasteiger charge is -2.26. The molecule has 0 amide bonds. The van der Waals surface area contributed by atoms with E-state index in [9.17, 15) is 0 Å². The Balaban J connectivity index is 2.07. The van der Waals surface area contributed by atoms with Crippen LogP contribution >= 0.6 is 77.6 Å². The van der Waals surface area contributed by atoms with E-state index in [1.54, 1.807) is 0 Å². The number of anilines is 3. The van der Waals surface area contributed by atoms with Gasteiger partial charge in [0.05, 0.1) is 0 Å². The second-order valence-electron chi connectivity index (χ2n) is 6.63. The summed E-state index contributed by atoms with van der Waals surface area (Å²) in [7, 11) is -1.41. The second kappa shape index (κ2) is 9.96. The number of hydrogen-bond donors (Lipinski definition) is 0. The molecule has 158 valence electrons. The summed E-state index contributed by atoms with van der Waals surface area (Å²) >= 11 is 43.2. The van der Waals surface area contributed by atoms with Gasteiger partial charge in [-0.05, 0) is 52.0 Å². The molecule has 3 aromatic carbocycles. The summed E-state index contributed by atoms with van der Waals surface area (Å²) in [6.45, 7) is 2.08. The third-order valence-electron chi connectivity index (χ3n) is 4.52. The summed E-state index contributed by atoms with van der Waals surface area (Å²) < 4.78 is 0. The molecule has 1 nitrogen and oxygen atoms in total. The number of nitrogens with zero attached hydrogens (tertiary/aromatic N) is 1. The summed E-state index contributed by atoms with van der Waals surface area (Å²) in [5.74, 6) is 0. The van der Waals surface area contributed by atoms with E-state index in [1.807, 2.05) is 48.5 Å². The van der Waals surface area contributed by atoms with Crippen LogP contribution in [0.5, 0.6) is 0 Å². The first kappa shape index (κ1) is 24.8. The van der Waals surface area contributed by atoms with E-state index in [2.05, 4.69) is 35.7 Å². The first-order chi connectivity index (χ1) is 14.0. The minimum absolute atomic E-state index is 0.728. The predicted molar refractivity (Wildman–Crippen MR) is 146 cm³/mol. The number of halogens is 7. The zero-order valence-electron chi connectivity index (χ0n) is 15.6. The van der Waals surface area contributed by atoms with E-state index < -0.39 is 20.1 Å². The van der Waals surface area contributed by atoms with E-state index in [-0.39, 0.29) is 0 Å². The van der Waals surface area contributed by atoms with Gasteiger partial charge in [-0.2, -0.15) is 11.1 Å². The van der Waals surface area contributed by atoms with Crippen LogP contribution in [-0.4, -0.2) is 20.1 Å². The van der Waals surface area contributed by atoms with Gasteiger partial charge >= 0.3 is 12.0 Å². The largest absolute Gasteiger partial charge is 0.372 e. The van der Waals surface area contributed by atoms with Crippen LogP contribution in [0, 0.1) is 0 Å². The van der Waals surface area contributed by atoms with Crippen LogP contribution in [0.15, 0.2) is 72.8 Å². The topological polar surface area (TPSA) is 3.24 Å². The molecule has 0 aliphatic heterocycles. The summed E-state index contributed by atoms with van der Waals surface area (Å²) in [5.41, 5.74) is 2.82. The number of hydrogen-bond acceptors (Lipinski definition) is 1. The van der Waals surface area contributed by atoms with Gasteiger partial charge in [-0.3, -0.25) is 0 Å². The molecule has 11 heteroatoms. The van der Waals surface area contributed by atoms with Crippen LogP contribution in [0.1, 0.15) is 0 Å². The van der Waals surface area contributed by atoms with E-state index in [0.717, 1.165) is 27.4 Å². The third-order valence-corrected chi connectivity index (χ3v) is 12.5. The molecule has 0 spiro atoms. The monoisotopic (exact) mass is 587 g/mol. The molecular formula is C19H16Cl7NSi3. The fourth-order valence-corrected chi connectivity index (χ4v) is 7.45.